The second kappa shape index (κ2) is 6.78. The summed E-state index contributed by atoms with van der Waals surface area (Å²) in [5.41, 5.74) is 1.74. The standard InChI is InChI=1S/C17H15N5O3S2/c1-2-12-7-6-10-14-15(12)16(23)21(27(14,24)25)11-26-17-18-19-20-22(17)13-8-4-3-5-9-13/h3-10H,2,11H2,1H3. The molecular weight excluding hydrogens is 386 g/mol. The zero-order valence-corrected chi connectivity index (χ0v) is 15.9. The van der Waals surface area contributed by atoms with E-state index in [0.29, 0.717) is 11.6 Å². The molecule has 1 amide bonds. The number of hydrogen-bond donors (Lipinski definition) is 0. The summed E-state index contributed by atoms with van der Waals surface area (Å²) in [6, 6.07) is 14.2. The van der Waals surface area contributed by atoms with Gasteiger partial charge in [0.2, 0.25) is 5.16 Å². The van der Waals surface area contributed by atoms with Gasteiger partial charge >= 0.3 is 0 Å². The number of amides is 1. The summed E-state index contributed by atoms with van der Waals surface area (Å²) >= 11 is 1.09. The first-order valence-electron chi connectivity index (χ1n) is 8.19. The molecule has 138 valence electrons. The van der Waals surface area contributed by atoms with Gasteiger partial charge in [-0.2, -0.15) is 4.68 Å². The fourth-order valence-corrected chi connectivity index (χ4v) is 5.62. The average Bonchev–Trinajstić information content (AvgIpc) is 3.23. The van der Waals surface area contributed by atoms with Crippen molar-refractivity contribution < 1.29 is 13.2 Å². The molecule has 0 atom stereocenters. The Labute approximate surface area is 160 Å². The van der Waals surface area contributed by atoms with Crippen LogP contribution in [-0.2, 0) is 16.4 Å². The molecule has 1 aromatic heterocycles. The first-order chi connectivity index (χ1) is 13.0. The molecule has 1 aliphatic rings. The van der Waals surface area contributed by atoms with E-state index >= 15 is 0 Å². The van der Waals surface area contributed by atoms with Gasteiger partial charge in [-0.1, -0.05) is 49.0 Å². The van der Waals surface area contributed by atoms with Crippen molar-refractivity contribution in [2.45, 2.75) is 23.4 Å². The smallest absolute Gasteiger partial charge is 0.268 e. The van der Waals surface area contributed by atoms with E-state index in [-0.39, 0.29) is 16.3 Å². The minimum Gasteiger partial charge on any atom is -0.268 e. The zero-order chi connectivity index (χ0) is 19.0. The van der Waals surface area contributed by atoms with Gasteiger partial charge < -0.3 is 0 Å². The van der Waals surface area contributed by atoms with Crippen molar-refractivity contribution in [2.75, 3.05) is 5.88 Å². The van der Waals surface area contributed by atoms with Crippen LogP contribution in [0.2, 0.25) is 0 Å². The van der Waals surface area contributed by atoms with Crippen LogP contribution in [0, 0.1) is 0 Å². The molecule has 1 aliphatic heterocycles. The van der Waals surface area contributed by atoms with Crippen molar-refractivity contribution in [1.29, 1.82) is 0 Å². The lowest BCUT2D eigenvalue weighted by Gasteiger charge is -2.14. The van der Waals surface area contributed by atoms with E-state index in [1.165, 1.54) is 10.7 Å². The van der Waals surface area contributed by atoms with Crippen LogP contribution in [0.1, 0.15) is 22.8 Å². The predicted molar refractivity (Wildman–Crippen MR) is 99.1 cm³/mol. The summed E-state index contributed by atoms with van der Waals surface area (Å²) in [4.78, 5) is 12.8. The molecule has 0 fully saturated rings. The van der Waals surface area contributed by atoms with Crippen LogP contribution in [0.25, 0.3) is 5.69 Å². The Morgan fingerprint density at radius 2 is 1.85 bits per heavy atom. The van der Waals surface area contributed by atoms with Crippen molar-refractivity contribution in [3.63, 3.8) is 0 Å². The topological polar surface area (TPSA) is 98.1 Å². The Balaban J connectivity index is 1.62. The summed E-state index contributed by atoms with van der Waals surface area (Å²) in [5.74, 6) is -0.611. The Kier molecular flexibility index (Phi) is 4.44. The third-order valence-electron chi connectivity index (χ3n) is 4.25. The second-order valence-electron chi connectivity index (χ2n) is 5.78. The Morgan fingerprint density at radius 3 is 2.59 bits per heavy atom. The number of carbonyl (C=O) groups is 1. The lowest BCUT2D eigenvalue weighted by molar-refractivity contribution is 0.0886. The van der Waals surface area contributed by atoms with Crippen LogP contribution in [0.5, 0.6) is 0 Å². The van der Waals surface area contributed by atoms with Gasteiger partial charge in [0.05, 0.1) is 17.1 Å². The summed E-state index contributed by atoms with van der Waals surface area (Å²) in [5, 5.41) is 11.9. The molecular formula is C17H15N5O3S2. The molecule has 3 aromatic rings. The molecule has 0 unspecified atom stereocenters. The van der Waals surface area contributed by atoms with Gasteiger partial charge in [-0.3, -0.25) is 4.79 Å². The molecule has 2 aromatic carbocycles. The molecule has 0 spiro atoms. The number of fused-ring (bicyclic) bond motifs is 1. The minimum atomic E-state index is -3.87. The molecule has 0 saturated carbocycles. The van der Waals surface area contributed by atoms with Crippen molar-refractivity contribution in [2.24, 2.45) is 0 Å². The first kappa shape index (κ1) is 17.7. The maximum atomic E-state index is 12.8. The first-order valence-corrected chi connectivity index (χ1v) is 10.6. The lowest BCUT2D eigenvalue weighted by Crippen LogP contribution is -2.30. The summed E-state index contributed by atoms with van der Waals surface area (Å²) < 4.78 is 28.0. The number of hydrogen-bond acceptors (Lipinski definition) is 7. The number of tetrazole rings is 1. The van der Waals surface area contributed by atoms with Gasteiger partial charge in [0.15, 0.2) is 0 Å². The van der Waals surface area contributed by atoms with Gasteiger partial charge in [-0.05, 0) is 40.6 Å². The number of thioether (sulfide) groups is 1. The molecule has 0 aliphatic carbocycles. The number of nitrogens with zero attached hydrogens (tertiary/aromatic N) is 5. The summed E-state index contributed by atoms with van der Waals surface area (Å²) in [6.45, 7) is 1.89. The number of aryl methyl sites for hydroxylation is 1. The molecule has 2 heterocycles. The normalized spacial score (nSPS) is 15.1. The Hall–Kier alpha value is -2.72. The maximum absolute atomic E-state index is 12.8. The van der Waals surface area contributed by atoms with Crippen LogP contribution in [-0.4, -0.2) is 44.7 Å². The average molecular weight is 401 g/mol. The van der Waals surface area contributed by atoms with Gasteiger partial charge in [0.1, 0.15) is 4.90 Å². The third kappa shape index (κ3) is 2.90. The monoisotopic (exact) mass is 401 g/mol. The zero-order valence-electron chi connectivity index (χ0n) is 14.3. The minimum absolute atomic E-state index is 0.0649. The van der Waals surface area contributed by atoms with Crippen LogP contribution in [0.4, 0.5) is 0 Å². The maximum Gasteiger partial charge on any atom is 0.270 e. The van der Waals surface area contributed by atoms with E-state index in [0.717, 1.165) is 27.3 Å². The molecule has 27 heavy (non-hydrogen) atoms. The van der Waals surface area contributed by atoms with E-state index < -0.39 is 15.9 Å². The van der Waals surface area contributed by atoms with Crippen molar-refractivity contribution in [3.05, 3.63) is 59.7 Å². The van der Waals surface area contributed by atoms with Gasteiger partial charge in [-0.25, -0.2) is 12.7 Å². The highest BCUT2D eigenvalue weighted by molar-refractivity contribution is 8.00. The van der Waals surface area contributed by atoms with Gasteiger partial charge in [0, 0.05) is 0 Å². The number of sulfonamides is 1. The van der Waals surface area contributed by atoms with E-state index in [1.54, 1.807) is 12.1 Å². The number of aromatic nitrogens is 4. The number of benzene rings is 2. The van der Waals surface area contributed by atoms with E-state index in [4.69, 9.17) is 0 Å². The van der Waals surface area contributed by atoms with Crippen molar-refractivity contribution in [1.82, 2.24) is 24.5 Å². The molecule has 0 saturated heterocycles. The van der Waals surface area contributed by atoms with E-state index in [1.807, 2.05) is 37.3 Å². The largest absolute Gasteiger partial charge is 0.270 e. The fourth-order valence-electron chi connectivity index (χ4n) is 2.93. The predicted octanol–water partition coefficient (Wildman–Crippen LogP) is 2.12. The second-order valence-corrected chi connectivity index (χ2v) is 8.53. The van der Waals surface area contributed by atoms with Gasteiger partial charge in [-0.15, -0.1) is 5.10 Å². The number of rotatable bonds is 5. The highest BCUT2D eigenvalue weighted by Gasteiger charge is 2.42. The Bertz CT molecular complexity index is 1110. The van der Waals surface area contributed by atoms with Crippen LogP contribution in [0.15, 0.2) is 58.6 Å². The summed E-state index contributed by atoms with van der Waals surface area (Å²) in [7, 11) is -3.87. The van der Waals surface area contributed by atoms with E-state index in [2.05, 4.69) is 15.5 Å². The fraction of sp³-hybridized carbons (Fsp3) is 0.176. The van der Waals surface area contributed by atoms with Crippen LogP contribution < -0.4 is 0 Å². The third-order valence-corrected chi connectivity index (χ3v) is 7.09. The SMILES string of the molecule is CCc1cccc2c1C(=O)N(CSc1nnnn1-c1ccccc1)S2(=O)=O. The molecule has 0 N–H and O–H groups in total. The van der Waals surface area contributed by atoms with E-state index in [9.17, 15) is 13.2 Å². The molecule has 0 bridgehead atoms. The lowest BCUT2D eigenvalue weighted by atomic mass is 10.0. The Morgan fingerprint density at radius 1 is 1.07 bits per heavy atom. The van der Waals surface area contributed by atoms with Crippen LogP contribution in [0.3, 0.4) is 0 Å². The van der Waals surface area contributed by atoms with Crippen molar-refractivity contribution >= 4 is 27.7 Å². The summed E-state index contributed by atoms with van der Waals surface area (Å²) in [6.07, 6.45) is 0.581. The van der Waals surface area contributed by atoms with Gasteiger partial charge in [0.25, 0.3) is 15.9 Å². The number of carbonyl (C=O) groups excluding carboxylic acids is 1. The highest BCUT2D eigenvalue weighted by atomic mass is 32.2. The quantitative estimate of drug-likeness (QED) is 0.604. The molecule has 0 radical (unpaired) electrons. The van der Waals surface area contributed by atoms with Crippen molar-refractivity contribution in [3.8, 4) is 5.69 Å². The van der Waals surface area contributed by atoms with Crippen LogP contribution >= 0.6 is 11.8 Å². The molecule has 8 nitrogen and oxygen atoms in total. The molecule has 10 heteroatoms. The molecule has 4 rings (SSSR count). The number of para-hydroxylation sites is 1. The highest BCUT2D eigenvalue weighted by Crippen LogP contribution is 2.34.